The molecule has 0 aliphatic carbocycles. The summed E-state index contributed by atoms with van der Waals surface area (Å²) in [4.78, 5) is 36.8. The van der Waals surface area contributed by atoms with E-state index in [1.807, 2.05) is 0 Å². The van der Waals surface area contributed by atoms with E-state index < -0.39 is 17.4 Å². The SMILES string of the molecule is O=C(O)CCC(=O)N1N=C(c2ccc(Cl)cc2)C[C@@]12C(=O)Nc1ccccc12. The van der Waals surface area contributed by atoms with Crippen LogP contribution in [-0.2, 0) is 19.9 Å². The van der Waals surface area contributed by atoms with Crippen LogP contribution >= 0.6 is 11.6 Å². The second-order valence-corrected chi connectivity index (χ2v) is 7.13. The Labute approximate surface area is 165 Å². The molecular weight excluding hydrogens is 382 g/mol. The van der Waals surface area contributed by atoms with Crippen LogP contribution in [0.3, 0.4) is 0 Å². The second kappa shape index (κ2) is 6.76. The Morgan fingerprint density at radius 1 is 1.14 bits per heavy atom. The highest BCUT2D eigenvalue weighted by atomic mass is 35.5. The van der Waals surface area contributed by atoms with Crippen LogP contribution in [0.4, 0.5) is 5.69 Å². The van der Waals surface area contributed by atoms with Crippen LogP contribution < -0.4 is 5.32 Å². The number of carbonyl (C=O) groups is 3. The van der Waals surface area contributed by atoms with Crippen LogP contribution in [0.25, 0.3) is 0 Å². The van der Waals surface area contributed by atoms with Gasteiger partial charge in [-0.25, -0.2) is 5.01 Å². The van der Waals surface area contributed by atoms with E-state index in [4.69, 9.17) is 16.7 Å². The van der Waals surface area contributed by atoms with E-state index in [9.17, 15) is 14.4 Å². The molecule has 2 aliphatic heterocycles. The molecular formula is C20H16ClN3O4. The van der Waals surface area contributed by atoms with Gasteiger partial charge in [-0.05, 0) is 23.8 Å². The minimum absolute atomic E-state index is 0.191. The Hall–Kier alpha value is -3.19. The van der Waals surface area contributed by atoms with Gasteiger partial charge in [-0.2, -0.15) is 5.10 Å². The van der Waals surface area contributed by atoms with E-state index in [1.165, 1.54) is 0 Å². The van der Waals surface area contributed by atoms with Crippen molar-refractivity contribution in [3.8, 4) is 0 Å². The number of carbonyl (C=O) groups excluding carboxylic acids is 2. The van der Waals surface area contributed by atoms with Crippen molar-refractivity contribution in [2.75, 3.05) is 5.32 Å². The molecule has 4 rings (SSSR count). The molecule has 0 radical (unpaired) electrons. The van der Waals surface area contributed by atoms with Crippen molar-refractivity contribution in [1.82, 2.24) is 5.01 Å². The summed E-state index contributed by atoms with van der Waals surface area (Å²) in [5.41, 5.74) is 1.26. The minimum Gasteiger partial charge on any atom is -0.481 e. The van der Waals surface area contributed by atoms with Gasteiger partial charge in [0, 0.05) is 29.1 Å². The van der Waals surface area contributed by atoms with Crippen LogP contribution in [0.5, 0.6) is 0 Å². The molecule has 2 aromatic rings. The highest BCUT2D eigenvalue weighted by molar-refractivity contribution is 6.30. The molecule has 28 heavy (non-hydrogen) atoms. The number of halogens is 1. The van der Waals surface area contributed by atoms with Crippen molar-refractivity contribution in [3.05, 3.63) is 64.7 Å². The Balaban J connectivity index is 1.79. The van der Waals surface area contributed by atoms with Crippen molar-refractivity contribution in [1.29, 1.82) is 0 Å². The van der Waals surface area contributed by atoms with E-state index in [2.05, 4.69) is 10.4 Å². The van der Waals surface area contributed by atoms with Crippen LogP contribution in [-0.4, -0.2) is 33.6 Å². The number of fused-ring (bicyclic) bond motifs is 2. The molecule has 1 atom stereocenters. The zero-order chi connectivity index (χ0) is 19.9. The summed E-state index contributed by atoms with van der Waals surface area (Å²) in [5, 5.41) is 17.9. The monoisotopic (exact) mass is 397 g/mol. The highest BCUT2D eigenvalue weighted by Crippen LogP contribution is 2.47. The first-order chi connectivity index (χ1) is 13.4. The average molecular weight is 398 g/mol. The standard InChI is InChI=1S/C20H16ClN3O4/c21-13-7-5-12(6-8-13)16-11-20(24(23-16)17(25)9-10-18(26)27)14-3-1-2-4-15(14)22-19(20)28/h1-8H,9-11H2,(H,22,28)(H,26,27)/t20-/m1/s1. The lowest BCUT2D eigenvalue weighted by Gasteiger charge is -2.30. The van der Waals surface area contributed by atoms with Gasteiger partial charge in [-0.3, -0.25) is 14.4 Å². The van der Waals surface area contributed by atoms with Crippen molar-refractivity contribution < 1.29 is 19.5 Å². The van der Waals surface area contributed by atoms with Crippen molar-refractivity contribution in [2.45, 2.75) is 24.8 Å². The van der Waals surface area contributed by atoms with Crippen molar-refractivity contribution >= 4 is 40.8 Å². The van der Waals surface area contributed by atoms with Gasteiger partial charge in [-0.15, -0.1) is 0 Å². The average Bonchev–Trinajstić information content (AvgIpc) is 3.21. The smallest absolute Gasteiger partial charge is 0.303 e. The molecule has 0 saturated carbocycles. The van der Waals surface area contributed by atoms with E-state index >= 15 is 0 Å². The first-order valence-electron chi connectivity index (χ1n) is 8.71. The van der Waals surface area contributed by atoms with Gasteiger partial charge in [0.25, 0.3) is 5.91 Å². The molecule has 0 bridgehead atoms. The van der Waals surface area contributed by atoms with Crippen LogP contribution in [0, 0.1) is 0 Å². The summed E-state index contributed by atoms with van der Waals surface area (Å²) in [5.74, 6) is -1.96. The van der Waals surface area contributed by atoms with Gasteiger partial charge in [0.2, 0.25) is 5.91 Å². The third-order valence-electron chi connectivity index (χ3n) is 4.97. The maximum absolute atomic E-state index is 13.0. The molecule has 2 amide bonds. The Kier molecular flexibility index (Phi) is 4.39. The number of carboxylic acids is 1. The quantitative estimate of drug-likeness (QED) is 0.828. The molecule has 8 heteroatoms. The summed E-state index contributed by atoms with van der Waals surface area (Å²) >= 11 is 5.95. The minimum atomic E-state index is -1.32. The van der Waals surface area contributed by atoms with E-state index in [0.717, 1.165) is 10.6 Å². The number of nitrogens with zero attached hydrogens (tertiary/aromatic N) is 2. The van der Waals surface area contributed by atoms with Gasteiger partial charge in [0.15, 0.2) is 5.54 Å². The first kappa shape index (κ1) is 18.2. The van der Waals surface area contributed by atoms with E-state index in [-0.39, 0.29) is 25.2 Å². The zero-order valence-electron chi connectivity index (χ0n) is 14.7. The van der Waals surface area contributed by atoms with Crippen molar-refractivity contribution in [2.24, 2.45) is 5.10 Å². The predicted octanol–water partition coefficient (Wildman–Crippen LogP) is 2.99. The van der Waals surface area contributed by atoms with Gasteiger partial charge in [-0.1, -0.05) is 41.9 Å². The third kappa shape index (κ3) is 2.84. The number of amides is 2. The van der Waals surface area contributed by atoms with Gasteiger partial charge in [0.1, 0.15) is 0 Å². The highest BCUT2D eigenvalue weighted by Gasteiger charge is 2.57. The van der Waals surface area contributed by atoms with Gasteiger partial charge < -0.3 is 10.4 Å². The lowest BCUT2D eigenvalue weighted by atomic mass is 9.85. The number of hydrogen-bond acceptors (Lipinski definition) is 4. The molecule has 1 spiro atoms. The molecule has 0 aromatic heterocycles. The summed E-state index contributed by atoms with van der Waals surface area (Å²) in [6, 6.07) is 14.1. The number of nitrogens with one attached hydrogen (secondary N) is 1. The third-order valence-corrected chi connectivity index (χ3v) is 5.22. The number of para-hydroxylation sites is 1. The van der Waals surface area contributed by atoms with Crippen molar-refractivity contribution in [3.63, 3.8) is 0 Å². The predicted molar refractivity (Wildman–Crippen MR) is 103 cm³/mol. The Morgan fingerprint density at radius 2 is 1.86 bits per heavy atom. The lowest BCUT2D eigenvalue weighted by molar-refractivity contribution is -0.146. The number of anilines is 1. The number of benzene rings is 2. The molecule has 0 unspecified atom stereocenters. The lowest BCUT2D eigenvalue weighted by Crippen LogP contribution is -2.48. The maximum atomic E-state index is 13.0. The Bertz CT molecular complexity index is 1020. The normalized spacial score (nSPS) is 20.1. The fourth-order valence-electron chi connectivity index (χ4n) is 3.64. The first-order valence-corrected chi connectivity index (χ1v) is 9.09. The number of hydrogen-bond donors (Lipinski definition) is 2. The number of hydrazone groups is 1. The molecule has 0 fully saturated rings. The fraction of sp³-hybridized carbons (Fsp3) is 0.200. The molecule has 142 valence electrons. The fourth-order valence-corrected chi connectivity index (χ4v) is 3.76. The summed E-state index contributed by atoms with van der Waals surface area (Å²) < 4.78 is 0. The van der Waals surface area contributed by atoms with E-state index in [1.54, 1.807) is 48.5 Å². The van der Waals surface area contributed by atoms with Gasteiger partial charge in [0.05, 0.1) is 12.1 Å². The Morgan fingerprint density at radius 3 is 2.57 bits per heavy atom. The largest absolute Gasteiger partial charge is 0.481 e. The molecule has 7 nitrogen and oxygen atoms in total. The number of aliphatic carboxylic acids is 1. The molecule has 0 saturated heterocycles. The zero-order valence-corrected chi connectivity index (χ0v) is 15.4. The van der Waals surface area contributed by atoms with Crippen LogP contribution in [0.1, 0.15) is 30.4 Å². The summed E-state index contributed by atoms with van der Waals surface area (Å²) in [6.07, 6.45) is -0.388. The second-order valence-electron chi connectivity index (χ2n) is 6.69. The number of carboxylic acid groups (broad SMARTS) is 1. The summed E-state index contributed by atoms with van der Waals surface area (Å²) in [7, 11) is 0. The number of rotatable bonds is 4. The molecule has 2 aliphatic rings. The molecule has 2 heterocycles. The summed E-state index contributed by atoms with van der Waals surface area (Å²) in [6.45, 7) is 0. The van der Waals surface area contributed by atoms with Gasteiger partial charge >= 0.3 is 5.97 Å². The molecule has 2 aromatic carbocycles. The van der Waals surface area contributed by atoms with Crippen LogP contribution in [0.2, 0.25) is 5.02 Å². The van der Waals surface area contributed by atoms with Crippen LogP contribution in [0.15, 0.2) is 53.6 Å². The maximum Gasteiger partial charge on any atom is 0.303 e. The topological polar surface area (TPSA) is 99.1 Å². The van der Waals surface area contributed by atoms with E-state index in [0.29, 0.717) is 22.0 Å². The molecule has 2 N–H and O–H groups in total.